The fourth-order valence-corrected chi connectivity index (χ4v) is 2.98. The summed E-state index contributed by atoms with van der Waals surface area (Å²) in [4.78, 5) is 21.3. The molecule has 0 aliphatic rings. The zero-order chi connectivity index (χ0) is 18.6. The number of carbonyl (C=O) groups is 2. The molecule has 0 saturated carbocycles. The van der Waals surface area contributed by atoms with Crippen LogP contribution in [0.3, 0.4) is 0 Å². The number of hydrogen-bond acceptors (Lipinski definition) is 2. The molecule has 24 heavy (non-hydrogen) atoms. The van der Waals surface area contributed by atoms with E-state index in [1.807, 2.05) is 0 Å². The average Bonchev–Trinajstić information content (AvgIpc) is 2.46. The molecule has 0 radical (unpaired) electrons. The zero-order valence-corrected chi connectivity index (χ0v) is 16.5. The quantitative estimate of drug-likeness (QED) is 0.369. The molecule has 128 valence electrons. The van der Waals surface area contributed by atoms with Crippen molar-refractivity contribution in [2.75, 3.05) is 0 Å². The van der Waals surface area contributed by atoms with Crippen molar-refractivity contribution in [1.82, 2.24) is 0 Å². The van der Waals surface area contributed by atoms with E-state index in [-0.39, 0.29) is 36.2 Å². The monoisotopic (exact) mass is 466 g/mol. The maximum atomic E-state index is 10.7. The Kier molecular flexibility index (Phi) is 8.43. The van der Waals surface area contributed by atoms with Gasteiger partial charge in [-0.1, -0.05) is 69.6 Å². The molecule has 0 atom stereocenters. The molecule has 0 unspecified atom stereocenters. The Hall–Kier alpha value is -0.390. The van der Waals surface area contributed by atoms with E-state index in [1.54, 1.807) is 0 Å². The van der Waals surface area contributed by atoms with Crippen LogP contribution in [0.4, 0.5) is 0 Å². The Labute approximate surface area is 171 Å². The van der Waals surface area contributed by atoms with Gasteiger partial charge < -0.3 is 5.11 Å². The number of halogens is 7. The van der Waals surface area contributed by atoms with Gasteiger partial charge >= 0.3 is 5.97 Å². The first-order valence-electron chi connectivity index (χ1n) is 5.76. The number of carboxylic acid groups (broad SMARTS) is 1. The molecule has 2 aromatic carbocycles. The molecule has 1 N–H and O–H groups in total. The van der Waals surface area contributed by atoms with E-state index >= 15 is 0 Å². The SMILES string of the molecule is O=C(Cl)c1cc(Cl)cc(Cl)c1Cl.O=C(O)c1cc(Cl)cc(Cl)c1Cl. The highest BCUT2D eigenvalue weighted by Gasteiger charge is 2.13. The van der Waals surface area contributed by atoms with E-state index < -0.39 is 11.2 Å². The number of aromatic carboxylic acids is 1. The molecule has 3 nitrogen and oxygen atoms in total. The molecule has 0 bridgehead atoms. The lowest BCUT2D eigenvalue weighted by molar-refractivity contribution is 0.0697. The van der Waals surface area contributed by atoms with Crippen LogP contribution in [0.15, 0.2) is 24.3 Å². The summed E-state index contributed by atoms with van der Waals surface area (Å²) in [5, 5.41) is 9.01. The molecule has 0 fully saturated rings. The molecule has 0 aromatic heterocycles. The smallest absolute Gasteiger partial charge is 0.337 e. The van der Waals surface area contributed by atoms with E-state index in [4.69, 9.17) is 86.3 Å². The van der Waals surface area contributed by atoms with Gasteiger partial charge in [-0.05, 0) is 35.9 Å². The molecular weight excluding hydrogens is 464 g/mol. The second kappa shape index (κ2) is 9.35. The van der Waals surface area contributed by atoms with Gasteiger partial charge in [-0.15, -0.1) is 0 Å². The summed E-state index contributed by atoms with van der Waals surface area (Å²) < 4.78 is 0. The van der Waals surface area contributed by atoms with Crippen LogP contribution in [0.5, 0.6) is 0 Å². The maximum Gasteiger partial charge on any atom is 0.337 e. The summed E-state index contributed by atoms with van der Waals surface area (Å²) in [5.74, 6) is -1.15. The van der Waals surface area contributed by atoms with Crippen LogP contribution in [-0.2, 0) is 0 Å². The fourth-order valence-electron chi connectivity index (χ4n) is 1.41. The Bertz CT molecular complexity index is 738. The van der Waals surface area contributed by atoms with Crippen molar-refractivity contribution in [3.63, 3.8) is 0 Å². The van der Waals surface area contributed by atoms with E-state index in [0.717, 1.165) is 0 Å². The maximum absolute atomic E-state index is 10.7. The van der Waals surface area contributed by atoms with Gasteiger partial charge in [0.2, 0.25) is 0 Å². The van der Waals surface area contributed by atoms with Crippen LogP contribution in [-0.4, -0.2) is 16.3 Å². The summed E-state index contributed by atoms with van der Waals surface area (Å²) in [6.07, 6.45) is 0. The third kappa shape index (κ3) is 5.85. The molecular formula is C14H5Cl7O3. The summed E-state index contributed by atoms with van der Waals surface area (Å²) in [5.41, 5.74) is 0.0324. The van der Waals surface area contributed by atoms with Crippen molar-refractivity contribution in [2.45, 2.75) is 0 Å². The van der Waals surface area contributed by atoms with Crippen molar-refractivity contribution in [3.05, 3.63) is 65.5 Å². The van der Waals surface area contributed by atoms with Crippen LogP contribution >= 0.6 is 81.2 Å². The van der Waals surface area contributed by atoms with Crippen molar-refractivity contribution >= 4 is 92.4 Å². The molecule has 0 amide bonds. The third-order valence-electron chi connectivity index (χ3n) is 2.43. The number of carbonyl (C=O) groups excluding carboxylic acids is 1. The Morgan fingerprint density at radius 2 is 1.08 bits per heavy atom. The Morgan fingerprint density at radius 1 is 0.708 bits per heavy atom. The van der Waals surface area contributed by atoms with E-state index in [0.29, 0.717) is 5.02 Å². The van der Waals surface area contributed by atoms with Crippen LogP contribution in [0.25, 0.3) is 0 Å². The van der Waals surface area contributed by atoms with Crippen LogP contribution in [0.2, 0.25) is 30.1 Å². The first kappa shape index (κ1) is 21.7. The third-order valence-corrected chi connectivity index (χ3v) is 4.67. The summed E-state index contributed by atoms with van der Waals surface area (Å²) in [6, 6.07) is 5.44. The minimum atomic E-state index is -1.15. The first-order chi connectivity index (χ1) is 11.0. The van der Waals surface area contributed by atoms with Crippen molar-refractivity contribution < 1.29 is 14.7 Å². The molecule has 10 heteroatoms. The largest absolute Gasteiger partial charge is 0.478 e. The first-order valence-corrected chi connectivity index (χ1v) is 8.41. The van der Waals surface area contributed by atoms with Gasteiger partial charge in [0.15, 0.2) is 0 Å². The van der Waals surface area contributed by atoms with Gasteiger partial charge in [0.05, 0.1) is 31.2 Å². The highest BCUT2D eigenvalue weighted by atomic mass is 35.5. The van der Waals surface area contributed by atoms with E-state index in [9.17, 15) is 9.59 Å². The van der Waals surface area contributed by atoms with Gasteiger partial charge in [0.25, 0.3) is 5.24 Å². The lowest BCUT2D eigenvalue weighted by Gasteiger charge is -2.01. The number of rotatable bonds is 2. The number of hydrogen-bond donors (Lipinski definition) is 1. The van der Waals surface area contributed by atoms with Crippen molar-refractivity contribution in [2.24, 2.45) is 0 Å². The predicted molar refractivity (Wildman–Crippen MR) is 100 cm³/mol. The van der Waals surface area contributed by atoms with Gasteiger partial charge in [0, 0.05) is 10.0 Å². The summed E-state index contributed by atoms with van der Waals surface area (Å²) in [6.45, 7) is 0. The highest BCUT2D eigenvalue weighted by Crippen LogP contribution is 2.31. The van der Waals surface area contributed by atoms with E-state index in [1.165, 1.54) is 24.3 Å². The zero-order valence-electron chi connectivity index (χ0n) is 11.2. The van der Waals surface area contributed by atoms with Gasteiger partial charge in [-0.3, -0.25) is 4.79 Å². The minimum absolute atomic E-state index is 0.00793. The van der Waals surface area contributed by atoms with E-state index in [2.05, 4.69) is 0 Å². The van der Waals surface area contributed by atoms with Crippen molar-refractivity contribution in [1.29, 1.82) is 0 Å². The highest BCUT2D eigenvalue weighted by molar-refractivity contribution is 6.69. The number of carboxylic acids is 1. The average molecular weight is 469 g/mol. The fraction of sp³-hybridized carbons (Fsp3) is 0. The van der Waals surface area contributed by atoms with Crippen LogP contribution in [0, 0.1) is 0 Å². The second-order valence-electron chi connectivity index (χ2n) is 4.08. The summed E-state index contributed by atoms with van der Waals surface area (Å²) >= 11 is 38.9. The number of benzene rings is 2. The summed E-state index contributed by atoms with van der Waals surface area (Å²) in [7, 11) is 0. The normalized spacial score (nSPS) is 9.96. The van der Waals surface area contributed by atoms with Gasteiger partial charge in [-0.25, -0.2) is 4.79 Å². The molecule has 2 aromatic rings. The van der Waals surface area contributed by atoms with Gasteiger partial charge in [0.1, 0.15) is 0 Å². The second-order valence-corrected chi connectivity index (χ2v) is 6.86. The van der Waals surface area contributed by atoms with Gasteiger partial charge in [-0.2, -0.15) is 0 Å². The lowest BCUT2D eigenvalue weighted by atomic mass is 10.2. The minimum Gasteiger partial charge on any atom is -0.478 e. The Balaban J connectivity index is 0.000000240. The van der Waals surface area contributed by atoms with Crippen LogP contribution < -0.4 is 0 Å². The molecule has 0 spiro atoms. The van der Waals surface area contributed by atoms with Crippen LogP contribution in [0.1, 0.15) is 20.7 Å². The topological polar surface area (TPSA) is 54.4 Å². The molecule has 2 rings (SSSR count). The molecule has 0 aliphatic carbocycles. The molecule has 0 saturated heterocycles. The predicted octanol–water partition coefficient (Wildman–Crippen LogP) is 7.37. The lowest BCUT2D eigenvalue weighted by Crippen LogP contribution is -1.97. The Morgan fingerprint density at radius 3 is 1.46 bits per heavy atom. The standard InChI is InChI=1S/C7H2Cl4O.C7H3Cl3O2/c2*8-3-1-4(7(11)12)6(10)5(9)2-3/h1-2H;1-2H,(H,11,12). The molecule has 0 heterocycles. The van der Waals surface area contributed by atoms with Crippen molar-refractivity contribution in [3.8, 4) is 0 Å². The molecule has 0 aliphatic heterocycles.